The number of carbonyl (C=O) groups is 1. The average Bonchev–Trinajstić information content (AvgIpc) is 2.25. The maximum Gasteiger partial charge on any atom is 0.160 e. The van der Waals surface area contributed by atoms with Gasteiger partial charge in [-0.3, -0.25) is 4.79 Å². The van der Waals surface area contributed by atoms with Crippen LogP contribution in [0.3, 0.4) is 0 Å². The SMILES string of the molecule is CC1(C)CC(=O)C2=C1C=CCC2. The fourth-order valence-corrected chi connectivity index (χ4v) is 2.19. The van der Waals surface area contributed by atoms with Crippen LogP contribution in [0.1, 0.15) is 33.1 Å². The van der Waals surface area contributed by atoms with Gasteiger partial charge in [0.05, 0.1) is 0 Å². The van der Waals surface area contributed by atoms with E-state index in [1.807, 2.05) is 0 Å². The van der Waals surface area contributed by atoms with E-state index in [1.54, 1.807) is 0 Å². The first-order chi connectivity index (χ1) is 5.61. The molecule has 1 nitrogen and oxygen atoms in total. The van der Waals surface area contributed by atoms with Gasteiger partial charge in [-0.25, -0.2) is 0 Å². The number of ketones is 1. The quantitative estimate of drug-likeness (QED) is 0.535. The molecular formula is C11H14O. The number of rotatable bonds is 0. The van der Waals surface area contributed by atoms with Crippen LogP contribution in [0, 0.1) is 5.41 Å². The summed E-state index contributed by atoms with van der Waals surface area (Å²) in [4.78, 5) is 11.5. The Hall–Kier alpha value is -0.850. The highest BCUT2D eigenvalue weighted by Gasteiger charge is 2.37. The second-order valence-corrected chi connectivity index (χ2v) is 4.32. The second-order valence-electron chi connectivity index (χ2n) is 4.32. The van der Waals surface area contributed by atoms with Crippen molar-refractivity contribution in [2.45, 2.75) is 33.1 Å². The Kier molecular flexibility index (Phi) is 1.50. The van der Waals surface area contributed by atoms with Crippen molar-refractivity contribution in [2.24, 2.45) is 5.41 Å². The van der Waals surface area contributed by atoms with Crippen molar-refractivity contribution in [2.75, 3.05) is 0 Å². The summed E-state index contributed by atoms with van der Waals surface area (Å²) in [6.07, 6.45) is 7.04. The molecule has 0 N–H and O–H groups in total. The zero-order valence-corrected chi connectivity index (χ0v) is 7.68. The van der Waals surface area contributed by atoms with E-state index in [0.717, 1.165) is 18.4 Å². The van der Waals surface area contributed by atoms with E-state index in [1.165, 1.54) is 5.57 Å². The molecule has 0 heterocycles. The third-order valence-corrected chi connectivity index (χ3v) is 2.84. The van der Waals surface area contributed by atoms with Crippen LogP contribution in [0.15, 0.2) is 23.3 Å². The summed E-state index contributed by atoms with van der Waals surface area (Å²) in [7, 11) is 0. The van der Waals surface area contributed by atoms with Crippen LogP contribution in [-0.4, -0.2) is 5.78 Å². The summed E-state index contributed by atoms with van der Waals surface area (Å²) in [5.41, 5.74) is 2.49. The normalized spacial score (nSPS) is 26.3. The lowest BCUT2D eigenvalue weighted by Gasteiger charge is -2.20. The third-order valence-electron chi connectivity index (χ3n) is 2.84. The molecule has 0 spiro atoms. The molecule has 0 aliphatic heterocycles. The Bertz CT molecular complexity index is 292. The first kappa shape index (κ1) is 7.78. The summed E-state index contributed by atoms with van der Waals surface area (Å²) in [6, 6.07) is 0. The Morgan fingerprint density at radius 2 is 2.17 bits per heavy atom. The summed E-state index contributed by atoms with van der Waals surface area (Å²) in [5.74, 6) is 0.374. The monoisotopic (exact) mass is 162 g/mol. The summed E-state index contributed by atoms with van der Waals surface area (Å²) < 4.78 is 0. The van der Waals surface area contributed by atoms with Crippen LogP contribution in [0.25, 0.3) is 0 Å². The van der Waals surface area contributed by atoms with Gasteiger partial charge in [-0.15, -0.1) is 0 Å². The Morgan fingerprint density at radius 3 is 2.83 bits per heavy atom. The molecule has 2 aliphatic rings. The molecule has 0 aromatic carbocycles. The minimum atomic E-state index is 0.101. The molecule has 2 aliphatic carbocycles. The summed E-state index contributed by atoms with van der Waals surface area (Å²) in [6.45, 7) is 4.31. The number of hydrogen-bond donors (Lipinski definition) is 0. The molecule has 0 radical (unpaired) electrons. The van der Waals surface area contributed by atoms with Crippen LogP contribution in [0.4, 0.5) is 0 Å². The topological polar surface area (TPSA) is 17.1 Å². The molecule has 2 rings (SSSR count). The largest absolute Gasteiger partial charge is 0.295 e. The molecular weight excluding hydrogens is 148 g/mol. The van der Waals surface area contributed by atoms with Crippen LogP contribution in [0.5, 0.6) is 0 Å². The number of allylic oxidation sites excluding steroid dienone is 4. The van der Waals surface area contributed by atoms with Crippen molar-refractivity contribution in [1.29, 1.82) is 0 Å². The first-order valence-corrected chi connectivity index (χ1v) is 4.55. The average molecular weight is 162 g/mol. The molecule has 0 fully saturated rings. The molecule has 1 heteroatoms. The Labute approximate surface area is 73.2 Å². The molecule has 0 unspecified atom stereocenters. The van der Waals surface area contributed by atoms with Gasteiger partial charge in [0.2, 0.25) is 0 Å². The van der Waals surface area contributed by atoms with E-state index in [2.05, 4.69) is 26.0 Å². The number of Topliss-reactive ketones (excluding diaryl/α,β-unsaturated/α-hetero) is 1. The molecule has 64 valence electrons. The van der Waals surface area contributed by atoms with E-state index in [-0.39, 0.29) is 5.41 Å². The third kappa shape index (κ3) is 0.961. The van der Waals surface area contributed by atoms with Crippen molar-refractivity contribution in [1.82, 2.24) is 0 Å². The molecule has 0 aromatic rings. The predicted molar refractivity (Wildman–Crippen MR) is 48.8 cm³/mol. The highest BCUT2D eigenvalue weighted by molar-refractivity contribution is 6.00. The minimum Gasteiger partial charge on any atom is -0.295 e. The van der Waals surface area contributed by atoms with Crippen molar-refractivity contribution in [3.63, 3.8) is 0 Å². The van der Waals surface area contributed by atoms with Crippen molar-refractivity contribution < 1.29 is 4.79 Å². The molecule has 0 atom stereocenters. The summed E-state index contributed by atoms with van der Waals surface area (Å²) >= 11 is 0. The lowest BCUT2D eigenvalue weighted by molar-refractivity contribution is -0.115. The maximum atomic E-state index is 11.5. The van der Waals surface area contributed by atoms with Crippen LogP contribution in [-0.2, 0) is 4.79 Å². The van der Waals surface area contributed by atoms with Crippen LogP contribution >= 0.6 is 0 Å². The van der Waals surface area contributed by atoms with Crippen LogP contribution in [0.2, 0.25) is 0 Å². The number of hydrogen-bond acceptors (Lipinski definition) is 1. The molecule has 0 saturated carbocycles. The van der Waals surface area contributed by atoms with Crippen molar-refractivity contribution >= 4 is 5.78 Å². The zero-order chi connectivity index (χ0) is 8.77. The van der Waals surface area contributed by atoms with E-state index >= 15 is 0 Å². The highest BCUT2D eigenvalue weighted by atomic mass is 16.1. The lowest BCUT2D eigenvalue weighted by Crippen LogP contribution is -2.09. The fraction of sp³-hybridized carbons (Fsp3) is 0.545. The zero-order valence-electron chi connectivity index (χ0n) is 7.68. The second kappa shape index (κ2) is 2.32. The van der Waals surface area contributed by atoms with Gasteiger partial charge < -0.3 is 0 Å². The number of carbonyl (C=O) groups excluding carboxylic acids is 1. The van der Waals surface area contributed by atoms with Gasteiger partial charge in [-0.05, 0) is 29.4 Å². The van der Waals surface area contributed by atoms with E-state index in [9.17, 15) is 4.79 Å². The van der Waals surface area contributed by atoms with Crippen molar-refractivity contribution in [3.05, 3.63) is 23.3 Å². The maximum absolute atomic E-state index is 11.5. The van der Waals surface area contributed by atoms with E-state index in [4.69, 9.17) is 0 Å². The first-order valence-electron chi connectivity index (χ1n) is 4.55. The van der Waals surface area contributed by atoms with Gasteiger partial charge in [0.25, 0.3) is 0 Å². The lowest BCUT2D eigenvalue weighted by atomic mass is 9.83. The molecule has 0 saturated heterocycles. The van der Waals surface area contributed by atoms with E-state index < -0.39 is 0 Å². The van der Waals surface area contributed by atoms with Gasteiger partial charge in [-0.2, -0.15) is 0 Å². The Balaban J connectivity index is 2.48. The van der Waals surface area contributed by atoms with Gasteiger partial charge in [0.15, 0.2) is 5.78 Å². The summed E-state index contributed by atoms with van der Waals surface area (Å²) in [5, 5.41) is 0. The molecule has 0 amide bonds. The van der Waals surface area contributed by atoms with Gasteiger partial charge in [0, 0.05) is 6.42 Å². The van der Waals surface area contributed by atoms with Crippen LogP contribution < -0.4 is 0 Å². The van der Waals surface area contributed by atoms with Gasteiger partial charge in [-0.1, -0.05) is 26.0 Å². The fourth-order valence-electron chi connectivity index (χ4n) is 2.19. The smallest absolute Gasteiger partial charge is 0.160 e. The van der Waals surface area contributed by atoms with Crippen molar-refractivity contribution in [3.8, 4) is 0 Å². The predicted octanol–water partition coefficient (Wildman–Crippen LogP) is 2.63. The Morgan fingerprint density at radius 1 is 1.42 bits per heavy atom. The highest BCUT2D eigenvalue weighted by Crippen LogP contribution is 2.44. The molecule has 12 heavy (non-hydrogen) atoms. The van der Waals surface area contributed by atoms with Gasteiger partial charge in [0.1, 0.15) is 0 Å². The standard InChI is InChI=1S/C11H14O/c1-11(2)7-10(12)8-5-3-4-6-9(8)11/h4,6H,3,5,7H2,1-2H3. The molecule has 0 aromatic heterocycles. The minimum absolute atomic E-state index is 0.101. The van der Waals surface area contributed by atoms with E-state index in [0.29, 0.717) is 12.2 Å². The molecule has 0 bridgehead atoms. The van der Waals surface area contributed by atoms with Gasteiger partial charge >= 0.3 is 0 Å².